The smallest absolute Gasteiger partial charge is 0.193 e. The number of aliphatic imine (C=N–C) groups is 1. The average molecular weight is 424 g/mol. The molecule has 0 aromatic heterocycles. The van der Waals surface area contributed by atoms with Crippen molar-refractivity contribution in [3.8, 4) is 0 Å². The molecule has 1 atom stereocenters. The van der Waals surface area contributed by atoms with Crippen molar-refractivity contribution in [3.63, 3.8) is 0 Å². The van der Waals surface area contributed by atoms with Crippen LogP contribution in [0.25, 0.3) is 0 Å². The minimum atomic E-state index is 0. The van der Waals surface area contributed by atoms with Crippen LogP contribution in [0.1, 0.15) is 52.9 Å². The van der Waals surface area contributed by atoms with Gasteiger partial charge in [-0.15, -0.1) is 24.0 Å². The van der Waals surface area contributed by atoms with E-state index in [1.54, 1.807) is 0 Å². The van der Waals surface area contributed by atoms with E-state index < -0.39 is 0 Å². The molecule has 0 aromatic rings. The van der Waals surface area contributed by atoms with Gasteiger partial charge in [-0.05, 0) is 45.2 Å². The van der Waals surface area contributed by atoms with Crippen molar-refractivity contribution in [2.75, 3.05) is 46.3 Å². The summed E-state index contributed by atoms with van der Waals surface area (Å²) in [6.07, 6.45) is 6.62. The molecule has 1 aliphatic rings. The molecule has 1 unspecified atom stereocenters. The van der Waals surface area contributed by atoms with Crippen LogP contribution >= 0.6 is 24.0 Å². The van der Waals surface area contributed by atoms with Crippen molar-refractivity contribution >= 4 is 29.9 Å². The topological polar surface area (TPSA) is 30.9 Å². The number of guanidine groups is 1. The Morgan fingerprint density at radius 1 is 1.23 bits per heavy atom. The summed E-state index contributed by atoms with van der Waals surface area (Å²) < 4.78 is 0. The minimum Gasteiger partial charge on any atom is -0.357 e. The summed E-state index contributed by atoms with van der Waals surface area (Å²) >= 11 is 0. The Kier molecular flexibility index (Phi) is 13.4. The van der Waals surface area contributed by atoms with Crippen LogP contribution in [-0.4, -0.2) is 62.1 Å². The fourth-order valence-electron chi connectivity index (χ4n) is 2.85. The van der Waals surface area contributed by atoms with Gasteiger partial charge in [-0.1, -0.05) is 26.7 Å². The van der Waals surface area contributed by atoms with E-state index in [0.717, 1.165) is 25.6 Å². The van der Waals surface area contributed by atoms with Gasteiger partial charge in [0.1, 0.15) is 0 Å². The minimum absolute atomic E-state index is 0. The van der Waals surface area contributed by atoms with Gasteiger partial charge in [-0.2, -0.15) is 0 Å². The normalized spacial score (nSPS) is 17.7. The van der Waals surface area contributed by atoms with Gasteiger partial charge in [-0.25, -0.2) is 0 Å². The zero-order chi connectivity index (χ0) is 15.5. The molecule has 0 radical (unpaired) electrons. The molecule has 0 saturated carbocycles. The Morgan fingerprint density at radius 2 is 1.91 bits per heavy atom. The molecule has 1 aliphatic heterocycles. The first-order chi connectivity index (χ1) is 10.2. The number of hydrogen-bond acceptors (Lipinski definition) is 2. The zero-order valence-electron chi connectivity index (χ0n) is 15.1. The van der Waals surface area contributed by atoms with E-state index in [1.807, 2.05) is 0 Å². The number of nitrogens with one attached hydrogen (secondary N) is 1. The van der Waals surface area contributed by atoms with E-state index in [4.69, 9.17) is 4.99 Å². The molecule has 0 bridgehead atoms. The Bertz CT molecular complexity index is 290. The highest BCUT2D eigenvalue weighted by Gasteiger charge is 2.13. The molecule has 4 nitrogen and oxygen atoms in total. The second-order valence-electron chi connectivity index (χ2n) is 6.44. The Labute approximate surface area is 155 Å². The van der Waals surface area contributed by atoms with Gasteiger partial charge in [-0.3, -0.25) is 4.99 Å². The standard InChI is InChI=1S/C17H36N4.HI/c1-5-7-11-20(4)17(18-6-2)19-14-16(3)15-21-12-9-8-10-13-21;/h16H,5-15H2,1-4H3,(H,18,19);1H. The number of rotatable bonds is 8. The van der Waals surface area contributed by atoms with Crippen LogP contribution in [0, 0.1) is 5.92 Å². The molecule has 0 aromatic carbocycles. The molecule has 1 rings (SSSR count). The third-order valence-corrected chi connectivity index (χ3v) is 4.11. The fourth-order valence-corrected chi connectivity index (χ4v) is 2.85. The molecule has 1 saturated heterocycles. The van der Waals surface area contributed by atoms with Gasteiger partial charge in [0.05, 0.1) is 0 Å². The first-order valence-electron chi connectivity index (χ1n) is 8.89. The van der Waals surface area contributed by atoms with Crippen molar-refractivity contribution in [2.24, 2.45) is 10.9 Å². The van der Waals surface area contributed by atoms with Gasteiger partial charge in [0.15, 0.2) is 5.96 Å². The third kappa shape index (κ3) is 9.18. The average Bonchev–Trinajstić information content (AvgIpc) is 2.50. The summed E-state index contributed by atoms with van der Waals surface area (Å²) in [7, 11) is 2.15. The zero-order valence-corrected chi connectivity index (χ0v) is 17.4. The molecule has 1 N–H and O–H groups in total. The summed E-state index contributed by atoms with van der Waals surface area (Å²) in [6.45, 7) is 13.4. The number of nitrogens with zero attached hydrogens (tertiary/aromatic N) is 3. The molecule has 0 amide bonds. The SMILES string of the molecule is CCCCN(C)C(=NCC(C)CN1CCCCC1)NCC.I. The first kappa shape index (κ1) is 22.0. The Balaban J connectivity index is 0.00000441. The van der Waals surface area contributed by atoms with Crippen LogP contribution in [0.4, 0.5) is 0 Å². The predicted molar refractivity (Wildman–Crippen MR) is 108 cm³/mol. The van der Waals surface area contributed by atoms with Crippen molar-refractivity contribution in [1.82, 2.24) is 15.1 Å². The molecule has 22 heavy (non-hydrogen) atoms. The summed E-state index contributed by atoms with van der Waals surface area (Å²) in [5.41, 5.74) is 0. The maximum atomic E-state index is 4.84. The maximum Gasteiger partial charge on any atom is 0.193 e. The number of likely N-dealkylation sites (tertiary alicyclic amines) is 1. The van der Waals surface area contributed by atoms with Crippen LogP contribution in [0.5, 0.6) is 0 Å². The molecule has 0 spiro atoms. The highest BCUT2D eigenvalue weighted by Crippen LogP contribution is 2.11. The number of halogens is 1. The van der Waals surface area contributed by atoms with Gasteiger partial charge >= 0.3 is 0 Å². The van der Waals surface area contributed by atoms with Gasteiger partial charge in [0.25, 0.3) is 0 Å². The Hall–Kier alpha value is -0.0400. The number of hydrogen-bond donors (Lipinski definition) is 1. The van der Waals surface area contributed by atoms with Crippen LogP contribution in [0.2, 0.25) is 0 Å². The molecule has 1 fully saturated rings. The lowest BCUT2D eigenvalue weighted by atomic mass is 10.1. The van der Waals surface area contributed by atoms with Gasteiger partial charge < -0.3 is 15.1 Å². The lowest BCUT2D eigenvalue weighted by Gasteiger charge is -2.29. The summed E-state index contributed by atoms with van der Waals surface area (Å²) in [4.78, 5) is 9.71. The van der Waals surface area contributed by atoms with Crippen molar-refractivity contribution < 1.29 is 0 Å². The van der Waals surface area contributed by atoms with Crippen LogP contribution in [0.3, 0.4) is 0 Å². The highest BCUT2D eigenvalue weighted by atomic mass is 127. The number of unbranched alkanes of at least 4 members (excludes halogenated alkanes) is 1. The van der Waals surface area contributed by atoms with E-state index >= 15 is 0 Å². The van der Waals surface area contributed by atoms with Crippen LogP contribution in [0.15, 0.2) is 4.99 Å². The predicted octanol–water partition coefficient (Wildman–Crippen LogP) is 3.42. The second kappa shape index (κ2) is 13.4. The lowest BCUT2D eigenvalue weighted by Crippen LogP contribution is -2.40. The fraction of sp³-hybridized carbons (Fsp3) is 0.941. The quantitative estimate of drug-likeness (QED) is 0.368. The Morgan fingerprint density at radius 3 is 2.50 bits per heavy atom. The van der Waals surface area contributed by atoms with E-state index in [-0.39, 0.29) is 24.0 Å². The third-order valence-electron chi connectivity index (χ3n) is 4.11. The highest BCUT2D eigenvalue weighted by molar-refractivity contribution is 14.0. The monoisotopic (exact) mass is 424 g/mol. The largest absolute Gasteiger partial charge is 0.357 e. The van der Waals surface area contributed by atoms with Crippen LogP contribution in [-0.2, 0) is 0 Å². The molecule has 0 aliphatic carbocycles. The molecule has 5 heteroatoms. The summed E-state index contributed by atoms with van der Waals surface area (Å²) in [6, 6.07) is 0. The van der Waals surface area contributed by atoms with E-state index in [1.165, 1.54) is 51.7 Å². The van der Waals surface area contributed by atoms with Crippen molar-refractivity contribution in [1.29, 1.82) is 0 Å². The van der Waals surface area contributed by atoms with Crippen LogP contribution < -0.4 is 5.32 Å². The summed E-state index contributed by atoms with van der Waals surface area (Å²) in [5, 5.41) is 3.41. The van der Waals surface area contributed by atoms with Crippen molar-refractivity contribution in [3.05, 3.63) is 0 Å². The molecule has 132 valence electrons. The van der Waals surface area contributed by atoms with E-state index in [9.17, 15) is 0 Å². The molecular formula is C17H37IN4. The van der Waals surface area contributed by atoms with Crippen molar-refractivity contribution in [2.45, 2.75) is 52.9 Å². The second-order valence-corrected chi connectivity index (χ2v) is 6.44. The number of piperidine rings is 1. The van der Waals surface area contributed by atoms with E-state index in [0.29, 0.717) is 5.92 Å². The molecule has 1 heterocycles. The maximum absolute atomic E-state index is 4.84. The van der Waals surface area contributed by atoms with E-state index in [2.05, 4.69) is 42.9 Å². The molecular weight excluding hydrogens is 387 g/mol. The lowest BCUT2D eigenvalue weighted by molar-refractivity contribution is 0.202. The van der Waals surface area contributed by atoms with Gasteiger partial charge in [0, 0.05) is 33.2 Å². The first-order valence-corrected chi connectivity index (χ1v) is 8.89. The summed E-state index contributed by atoms with van der Waals surface area (Å²) in [5.74, 6) is 1.70. The van der Waals surface area contributed by atoms with Gasteiger partial charge in [0.2, 0.25) is 0 Å².